The minimum absolute atomic E-state index is 0.0622. The molecule has 0 aliphatic heterocycles. The number of carbonyl (C=O) groups excluding carboxylic acids is 1. The van der Waals surface area contributed by atoms with E-state index in [1.807, 2.05) is 0 Å². The largest absolute Gasteiger partial charge is 0.508 e. The van der Waals surface area contributed by atoms with E-state index in [1.54, 1.807) is 24.3 Å². The third-order valence-corrected chi connectivity index (χ3v) is 2.59. The van der Waals surface area contributed by atoms with Crippen LogP contribution in [0.1, 0.15) is 15.9 Å². The second kappa shape index (κ2) is 5.41. The summed E-state index contributed by atoms with van der Waals surface area (Å²) in [5, 5.41) is 30.3. The zero-order chi connectivity index (χ0) is 13.8. The van der Waals surface area contributed by atoms with E-state index < -0.39 is 5.91 Å². The number of carbonyl (C=O) groups is 1. The highest BCUT2D eigenvalue weighted by molar-refractivity contribution is 6.06. The molecule has 2 aromatic rings. The fourth-order valence-corrected chi connectivity index (χ4v) is 1.66. The van der Waals surface area contributed by atoms with Crippen LogP contribution in [0.2, 0.25) is 0 Å². The van der Waals surface area contributed by atoms with E-state index in [1.165, 1.54) is 12.1 Å². The first-order valence-electron chi connectivity index (χ1n) is 5.63. The Bertz CT molecular complexity index is 610. The number of rotatable bonds is 3. The minimum Gasteiger partial charge on any atom is -0.508 e. The van der Waals surface area contributed by atoms with Crippen molar-refractivity contribution in [1.82, 2.24) is 0 Å². The topological polar surface area (TPSA) is 89.8 Å². The number of aliphatic hydroxyl groups is 1. The van der Waals surface area contributed by atoms with Gasteiger partial charge in [0.15, 0.2) is 0 Å². The van der Waals surface area contributed by atoms with Crippen LogP contribution in [0.3, 0.4) is 0 Å². The fraction of sp³-hybridized carbons (Fsp3) is 0.0714. The maximum absolute atomic E-state index is 11.9. The van der Waals surface area contributed by atoms with Gasteiger partial charge in [-0.05, 0) is 29.8 Å². The molecule has 0 saturated carbocycles. The standard InChI is InChI=1S/C14H13NO4/c16-8-9-2-1-3-10(6-9)15-14(19)12-5-4-11(17)7-13(12)18/h1-7,16-18H,8H2,(H,15,19). The number of phenolic OH excluding ortho intramolecular Hbond substituents is 2. The van der Waals surface area contributed by atoms with Gasteiger partial charge in [-0.3, -0.25) is 4.79 Å². The van der Waals surface area contributed by atoms with Crippen LogP contribution in [0.5, 0.6) is 11.5 Å². The highest BCUT2D eigenvalue weighted by atomic mass is 16.3. The third-order valence-electron chi connectivity index (χ3n) is 2.59. The number of aliphatic hydroxyl groups excluding tert-OH is 1. The van der Waals surface area contributed by atoms with Crippen molar-refractivity contribution in [3.8, 4) is 11.5 Å². The molecule has 0 radical (unpaired) electrons. The van der Waals surface area contributed by atoms with Crippen molar-refractivity contribution in [2.24, 2.45) is 0 Å². The van der Waals surface area contributed by atoms with Crippen molar-refractivity contribution in [3.63, 3.8) is 0 Å². The van der Waals surface area contributed by atoms with E-state index in [0.717, 1.165) is 6.07 Å². The minimum atomic E-state index is -0.493. The Morgan fingerprint density at radius 1 is 1.11 bits per heavy atom. The molecule has 0 spiro atoms. The molecule has 0 aromatic heterocycles. The first kappa shape index (κ1) is 12.9. The molecule has 2 aromatic carbocycles. The van der Waals surface area contributed by atoms with E-state index >= 15 is 0 Å². The number of phenols is 2. The SMILES string of the molecule is O=C(Nc1cccc(CO)c1)c1ccc(O)cc1O. The van der Waals surface area contributed by atoms with Crippen LogP contribution < -0.4 is 5.32 Å². The molecule has 5 heteroatoms. The first-order valence-corrected chi connectivity index (χ1v) is 5.63. The lowest BCUT2D eigenvalue weighted by Gasteiger charge is -2.08. The van der Waals surface area contributed by atoms with Crippen molar-refractivity contribution < 1.29 is 20.1 Å². The Balaban J connectivity index is 2.20. The molecular formula is C14H13NO4. The zero-order valence-corrected chi connectivity index (χ0v) is 10.00. The molecule has 5 nitrogen and oxygen atoms in total. The van der Waals surface area contributed by atoms with Gasteiger partial charge < -0.3 is 20.6 Å². The third kappa shape index (κ3) is 3.02. The zero-order valence-electron chi connectivity index (χ0n) is 10.00. The van der Waals surface area contributed by atoms with Crippen LogP contribution in [0.15, 0.2) is 42.5 Å². The summed E-state index contributed by atoms with van der Waals surface area (Å²) >= 11 is 0. The van der Waals surface area contributed by atoms with Gasteiger partial charge in [0, 0.05) is 11.8 Å². The molecule has 98 valence electrons. The van der Waals surface area contributed by atoms with E-state index in [4.69, 9.17) is 10.2 Å². The fourth-order valence-electron chi connectivity index (χ4n) is 1.66. The quantitative estimate of drug-likeness (QED) is 0.677. The first-order chi connectivity index (χ1) is 9.10. The van der Waals surface area contributed by atoms with E-state index in [9.17, 15) is 9.90 Å². The van der Waals surface area contributed by atoms with Crippen LogP contribution in [-0.2, 0) is 6.61 Å². The van der Waals surface area contributed by atoms with Crippen molar-refractivity contribution in [2.75, 3.05) is 5.32 Å². The van der Waals surface area contributed by atoms with Gasteiger partial charge in [-0.1, -0.05) is 12.1 Å². The van der Waals surface area contributed by atoms with Crippen molar-refractivity contribution in [3.05, 3.63) is 53.6 Å². The number of benzene rings is 2. The molecule has 0 aliphatic rings. The molecule has 1 amide bonds. The average Bonchev–Trinajstić information content (AvgIpc) is 2.38. The number of anilines is 1. The Labute approximate surface area is 109 Å². The number of aromatic hydroxyl groups is 2. The number of amides is 1. The Morgan fingerprint density at radius 2 is 1.89 bits per heavy atom. The van der Waals surface area contributed by atoms with Gasteiger partial charge in [0.05, 0.1) is 12.2 Å². The molecular weight excluding hydrogens is 246 g/mol. The van der Waals surface area contributed by atoms with Gasteiger partial charge in [0.1, 0.15) is 11.5 Å². The Morgan fingerprint density at radius 3 is 2.58 bits per heavy atom. The maximum atomic E-state index is 11.9. The highest BCUT2D eigenvalue weighted by Crippen LogP contribution is 2.23. The van der Waals surface area contributed by atoms with Gasteiger partial charge in [0.25, 0.3) is 5.91 Å². The number of hydrogen-bond donors (Lipinski definition) is 4. The Hall–Kier alpha value is -2.53. The molecule has 0 saturated heterocycles. The molecule has 0 heterocycles. The summed E-state index contributed by atoms with van der Waals surface area (Å²) in [7, 11) is 0. The summed E-state index contributed by atoms with van der Waals surface area (Å²) in [4.78, 5) is 11.9. The number of nitrogens with one attached hydrogen (secondary N) is 1. The normalized spacial score (nSPS) is 10.2. The lowest BCUT2D eigenvalue weighted by atomic mass is 10.1. The van der Waals surface area contributed by atoms with Crippen LogP contribution in [0, 0.1) is 0 Å². The molecule has 0 atom stereocenters. The summed E-state index contributed by atoms with van der Waals surface area (Å²) in [5.41, 5.74) is 1.25. The molecule has 2 rings (SSSR count). The summed E-state index contributed by atoms with van der Waals surface area (Å²) < 4.78 is 0. The summed E-state index contributed by atoms with van der Waals surface area (Å²) in [6.07, 6.45) is 0. The predicted molar refractivity (Wildman–Crippen MR) is 70.1 cm³/mol. The molecule has 19 heavy (non-hydrogen) atoms. The second-order valence-electron chi connectivity index (χ2n) is 4.01. The number of hydrogen-bond acceptors (Lipinski definition) is 4. The predicted octanol–water partition coefficient (Wildman–Crippen LogP) is 1.84. The van der Waals surface area contributed by atoms with Gasteiger partial charge >= 0.3 is 0 Å². The van der Waals surface area contributed by atoms with E-state index in [0.29, 0.717) is 11.3 Å². The van der Waals surface area contributed by atoms with E-state index in [2.05, 4.69) is 5.32 Å². The average molecular weight is 259 g/mol. The molecule has 4 N–H and O–H groups in total. The van der Waals surface area contributed by atoms with Crippen LogP contribution in [0.4, 0.5) is 5.69 Å². The second-order valence-corrected chi connectivity index (χ2v) is 4.01. The van der Waals surface area contributed by atoms with Gasteiger partial charge in [0.2, 0.25) is 0 Å². The highest BCUT2D eigenvalue weighted by Gasteiger charge is 2.11. The lowest BCUT2D eigenvalue weighted by molar-refractivity contribution is 0.102. The van der Waals surface area contributed by atoms with Gasteiger partial charge in [-0.15, -0.1) is 0 Å². The molecule has 0 unspecified atom stereocenters. The summed E-state index contributed by atoms with van der Waals surface area (Å²) in [6.45, 7) is -0.117. The van der Waals surface area contributed by atoms with E-state index in [-0.39, 0.29) is 23.7 Å². The van der Waals surface area contributed by atoms with Gasteiger partial charge in [-0.25, -0.2) is 0 Å². The smallest absolute Gasteiger partial charge is 0.259 e. The monoisotopic (exact) mass is 259 g/mol. The summed E-state index contributed by atoms with van der Waals surface area (Å²) in [6, 6.07) is 10.5. The Kier molecular flexibility index (Phi) is 3.68. The summed E-state index contributed by atoms with van der Waals surface area (Å²) in [5.74, 6) is -0.903. The van der Waals surface area contributed by atoms with Crippen LogP contribution >= 0.6 is 0 Å². The van der Waals surface area contributed by atoms with Crippen LogP contribution in [-0.4, -0.2) is 21.2 Å². The van der Waals surface area contributed by atoms with Crippen molar-refractivity contribution in [1.29, 1.82) is 0 Å². The van der Waals surface area contributed by atoms with Crippen molar-refractivity contribution in [2.45, 2.75) is 6.61 Å². The van der Waals surface area contributed by atoms with Crippen LogP contribution in [0.25, 0.3) is 0 Å². The van der Waals surface area contributed by atoms with Gasteiger partial charge in [-0.2, -0.15) is 0 Å². The molecule has 0 aliphatic carbocycles. The lowest BCUT2D eigenvalue weighted by Crippen LogP contribution is -2.12. The van der Waals surface area contributed by atoms with Crippen molar-refractivity contribution >= 4 is 11.6 Å². The maximum Gasteiger partial charge on any atom is 0.259 e. The molecule has 0 fully saturated rings. The molecule has 0 bridgehead atoms.